The van der Waals surface area contributed by atoms with E-state index in [0.29, 0.717) is 23.6 Å². The SMILES string of the molecule is O=C(Nc1ccc2[nH]c(C(=O)N3CCc4c3cc(O)c3ccccc43)cc2c1)c1cc2ccccc2[nH]1. The van der Waals surface area contributed by atoms with Crippen LogP contribution < -0.4 is 10.2 Å². The average Bonchev–Trinajstić information content (AvgIpc) is 3.64. The molecule has 1 aliphatic rings. The van der Waals surface area contributed by atoms with Crippen LogP contribution in [0.4, 0.5) is 11.4 Å². The number of para-hydroxylation sites is 1. The van der Waals surface area contributed by atoms with Gasteiger partial charge in [-0.2, -0.15) is 0 Å². The van der Waals surface area contributed by atoms with Crippen molar-refractivity contribution in [2.24, 2.45) is 0 Å². The van der Waals surface area contributed by atoms with Crippen LogP contribution in [0.3, 0.4) is 0 Å². The molecule has 0 spiro atoms. The van der Waals surface area contributed by atoms with Gasteiger partial charge in [-0.05, 0) is 53.8 Å². The summed E-state index contributed by atoms with van der Waals surface area (Å²) in [4.78, 5) is 34.4. The van der Waals surface area contributed by atoms with Crippen LogP contribution in [0.2, 0.25) is 0 Å². The van der Waals surface area contributed by atoms with Crippen molar-refractivity contribution in [3.05, 3.63) is 102 Å². The Labute approximate surface area is 211 Å². The number of rotatable bonds is 3. The lowest BCUT2D eigenvalue weighted by molar-refractivity contribution is 0.0983. The monoisotopic (exact) mass is 486 g/mol. The molecule has 0 saturated heterocycles. The van der Waals surface area contributed by atoms with Gasteiger partial charge in [-0.15, -0.1) is 0 Å². The Morgan fingerprint density at radius 2 is 1.51 bits per heavy atom. The highest BCUT2D eigenvalue weighted by molar-refractivity contribution is 6.11. The summed E-state index contributed by atoms with van der Waals surface area (Å²) >= 11 is 0. The molecule has 0 fully saturated rings. The van der Waals surface area contributed by atoms with Gasteiger partial charge in [0.1, 0.15) is 17.1 Å². The molecule has 4 N–H and O–H groups in total. The number of phenolic OH excluding ortho intramolecular Hbond substituents is 1. The van der Waals surface area contributed by atoms with Crippen molar-refractivity contribution in [2.75, 3.05) is 16.8 Å². The molecule has 1 aliphatic heterocycles. The molecule has 0 atom stereocenters. The van der Waals surface area contributed by atoms with E-state index in [9.17, 15) is 14.7 Å². The van der Waals surface area contributed by atoms with Gasteiger partial charge in [0.25, 0.3) is 11.8 Å². The summed E-state index contributed by atoms with van der Waals surface area (Å²) in [6.45, 7) is 0.544. The number of aromatic hydroxyl groups is 1. The number of nitrogens with one attached hydrogen (secondary N) is 3. The van der Waals surface area contributed by atoms with Gasteiger partial charge in [0.15, 0.2) is 0 Å². The average molecular weight is 487 g/mol. The maximum absolute atomic E-state index is 13.5. The number of hydrogen-bond acceptors (Lipinski definition) is 3. The van der Waals surface area contributed by atoms with E-state index in [4.69, 9.17) is 0 Å². The number of anilines is 2. The van der Waals surface area contributed by atoms with Gasteiger partial charge in [0.05, 0.1) is 5.69 Å². The largest absolute Gasteiger partial charge is 0.507 e. The number of fused-ring (bicyclic) bond motifs is 5. The molecule has 2 aromatic heterocycles. The number of amides is 2. The molecule has 2 amide bonds. The first-order valence-electron chi connectivity index (χ1n) is 12.1. The second-order valence-corrected chi connectivity index (χ2v) is 9.36. The molecule has 0 unspecified atom stereocenters. The minimum Gasteiger partial charge on any atom is -0.507 e. The summed E-state index contributed by atoms with van der Waals surface area (Å²) in [5.74, 6) is -0.225. The van der Waals surface area contributed by atoms with Gasteiger partial charge < -0.3 is 25.3 Å². The third-order valence-corrected chi connectivity index (χ3v) is 7.12. The molecule has 7 heteroatoms. The summed E-state index contributed by atoms with van der Waals surface area (Å²) < 4.78 is 0. The molecule has 7 rings (SSSR count). The molecule has 0 saturated carbocycles. The van der Waals surface area contributed by atoms with E-state index >= 15 is 0 Å². The van der Waals surface area contributed by atoms with Crippen LogP contribution in [0, 0.1) is 0 Å². The zero-order chi connectivity index (χ0) is 25.1. The highest BCUT2D eigenvalue weighted by atomic mass is 16.3. The second-order valence-electron chi connectivity index (χ2n) is 9.36. The van der Waals surface area contributed by atoms with Crippen LogP contribution in [0.25, 0.3) is 32.6 Å². The molecule has 0 radical (unpaired) electrons. The van der Waals surface area contributed by atoms with E-state index in [1.807, 2.05) is 72.8 Å². The fraction of sp³-hybridized carbons (Fsp3) is 0.0667. The molecule has 4 aromatic carbocycles. The number of aromatic amines is 2. The Morgan fingerprint density at radius 1 is 0.784 bits per heavy atom. The van der Waals surface area contributed by atoms with Gasteiger partial charge in [0.2, 0.25) is 0 Å². The van der Waals surface area contributed by atoms with Gasteiger partial charge in [-0.3, -0.25) is 9.59 Å². The van der Waals surface area contributed by atoms with Crippen LogP contribution in [-0.2, 0) is 6.42 Å². The number of phenols is 1. The van der Waals surface area contributed by atoms with Crippen LogP contribution in [-0.4, -0.2) is 33.4 Å². The lowest BCUT2D eigenvalue weighted by Gasteiger charge is -2.17. The fourth-order valence-electron chi connectivity index (χ4n) is 5.33. The maximum atomic E-state index is 13.5. The second kappa shape index (κ2) is 7.99. The number of carbonyl (C=O) groups is 2. The zero-order valence-electron chi connectivity index (χ0n) is 19.7. The van der Waals surface area contributed by atoms with Crippen molar-refractivity contribution in [1.29, 1.82) is 0 Å². The fourth-order valence-corrected chi connectivity index (χ4v) is 5.33. The number of hydrogen-bond donors (Lipinski definition) is 4. The predicted octanol–water partition coefficient (Wildman–Crippen LogP) is 5.96. The summed E-state index contributed by atoms with van der Waals surface area (Å²) in [6.07, 6.45) is 0.728. The summed E-state index contributed by atoms with van der Waals surface area (Å²) in [5.41, 5.74) is 5.08. The Bertz CT molecular complexity index is 1850. The Hall–Kier alpha value is -5.04. The highest BCUT2D eigenvalue weighted by Gasteiger charge is 2.29. The van der Waals surface area contributed by atoms with Crippen molar-refractivity contribution < 1.29 is 14.7 Å². The van der Waals surface area contributed by atoms with Crippen molar-refractivity contribution in [1.82, 2.24) is 9.97 Å². The number of nitrogens with zero attached hydrogens (tertiary/aromatic N) is 1. The highest BCUT2D eigenvalue weighted by Crippen LogP contribution is 2.40. The minimum absolute atomic E-state index is 0.159. The summed E-state index contributed by atoms with van der Waals surface area (Å²) in [7, 11) is 0. The third-order valence-electron chi connectivity index (χ3n) is 7.12. The standard InChI is InChI=1S/C30H22N4O3/c35-28-16-27-21(20-6-2-3-7-22(20)28)11-12-34(27)30(37)26-15-18-13-19(9-10-24(18)33-26)31-29(36)25-14-17-5-1-4-8-23(17)32-25/h1-10,13-16,32-33,35H,11-12H2,(H,31,36). The maximum Gasteiger partial charge on any atom is 0.274 e. The molecule has 0 aliphatic carbocycles. The molecule has 180 valence electrons. The summed E-state index contributed by atoms with van der Waals surface area (Å²) in [6, 6.07) is 26.3. The van der Waals surface area contributed by atoms with Crippen molar-refractivity contribution in [3.63, 3.8) is 0 Å². The molecule has 3 heterocycles. The van der Waals surface area contributed by atoms with Crippen LogP contribution in [0.15, 0.2) is 84.9 Å². The number of benzene rings is 4. The van der Waals surface area contributed by atoms with E-state index in [-0.39, 0.29) is 17.6 Å². The Balaban J connectivity index is 1.17. The molecule has 0 bridgehead atoms. The van der Waals surface area contributed by atoms with Gasteiger partial charge in [0, 0.05) is 45.5 Å². The first-order chi connectivity index (χ1) is 18.0. The zero-order valence-corrected chi connectivity index (χ0v) is 19.7. The van der Waals surface area contributed by atoms with E-state index < -0.39 is 0 Å². The minimum atomic E-state index is -0.233. The van der Waals surface area contributed by atoms with Crippen LogP contribution in [0.5, 0.6) is 5.75 Å². The van der Waals surface area contributed by atoms with E-state index in [1.165, 1.54) is 0 Å². The lowest BCUT2D eigenvalue weighted by atomic mass is 10.0. The number of H-pyrrole nitrogens is 2. The van der Waals surface area contributed by atoms with Crippen molar-refractivity contribution in [2.45, 2.75) is 6.42 Å². The topological polar surface area (TPSA) is 101 Å². The Morgan fingerprint density at radius 3 is 2.38 bits per heavy atom. The van der Waals surface area contributed by atoms with E-state index in [0.717, 1.165) is 50.2 Å². The number of carbonyl (C=O) groups excluding carboxylic acids is 2. The van der Waals surface area contributed by atoms with E-state index in [1.54, 1.807) is 17.0 Å². The molecule has 7 nitrogen and oxygen atoms in total. The van der Waals surface area contributed by atoms with Crippen molar-refractivity contribution in [3.8, 4) is 5.75 Å². The smallest absolute Gasteiger partial charge is 0.274 e. The van der Waals surface area contributed by atoms with Crippen molar-refractivity contribution >= 4 is 55.8 Å². The van der Waals surface area contributed by atoms with Gasteiger partial charge in [-0.25, -0.2) is 0 Å². The predicted molar refractivity (Wildman–Crippen MR) is 146 cm³/mol. The first kappa shape index (κ1) is 21.3. The third kappa shape index (κ3) is 3.43. The van der Waals surface area contributed by atoms with Crippen LogP contribution >= 0.6 is 0 Å². The van der Waals surface area contributed by atoms with E-state index in [2.05, 4.69) is 15.3 Å². The van der Waals surface area contributed by atoms with Crippen LogP contribution in [0.1, 0.15) is 26.5 Å². The molecular weight excluding hydrogens is 464 g/mol. The quantitative estimate of drug-likeness (QED) is 0.248. The summed E-state index contributed by atoms with van der Waals surface area (Å²) in [5, 5.41) is 17.1. The first-order valence-corrected chi connectivity index (χ1v) is 12.1. The van der Waals surface area contributed by atoms with Gasteiger partial charge in [-0.1, -0.05) is 42.5 Å². The molecule has 6 aromatic rings. The van der Waals surface area contributed by atoms with Gasteiger partial charge >= 0.3 is 0 Å². The molecule has 37 heavy (non-hydrogen) atoms. The Kier molecular flexibility index (Phi) is 4.59. The normalized spacial score (nSPS) is 12.9. The molecular formula is C30H22N4O3. The number of aromatic nitrogens is 2. The lowest BCUT2D eigenvalue weighted by Crippen LogP contribution is -2.29.